The normalized spacial score (nSPS) is 17.6. The highest BCUT2D eigenvalue weighted by Crippen LogP contribution is 2.38. The first-order chi connectivity index (χ1) is 8.36. The molecule has 1 aromatic rings. The van der Waals surface area contributed by atoms with Crippen LogP contribution >= 0.6 is 15.9 Å². The maximum absolute atomic E-state index is 12.9. The first-order valence-electron chi connectivity index (χ1n) is 5.99. The third-order valence-corrected chi connectivity index (χ3v) is 3.57. The van der Waals surface area contributed by atoms with Gasteiger partial charge in [0.05, 0.1) is 5.56 Å². The predicted molar refractivity (Wildman–Crippen MR) is 69.6 cm³/mol. The summed E-state index contributed by atoms with van der Waals surface area (Å²) in [5.41, 5.74) is -0.446. The number of hydrogen-bond donors (Lipinski definition) is 1. The highest BCUT2D eigenvalue weighted by Gasteiger charge is 2.34. The van der Waals surface area contributed by atoms with Gasteiger partial charge in [-0.2, -0.15) is 13.2 Å². The number of halogens is 4. The molecule has 0 heterocycles. The Bertz CT molecular complexity index is 427. The quantitative estimate of drug-likeness (QED) is 0.816. The van der Waals surface area contributed by atoms with E-state index in [2.05, 4.69) is 21.2 Å². The zero-order valence-electron chi connectivity index (χ0n) is 10.0. The van der Waals surface area contributed by atoms with Gasteiger partial charge in [0.2, 0.25) is 0 Å². The van der Waals surface area contributed by atoms with Crippen LogP contribution in [0, 0.1) is 5.92 Å². The van der Waals surface area contributed by atoms with E-state index in [0.29, 0.717) is 10.4 Å². The van der Waals surface area contributed by atoms with Crippen molar-refractivity contribution in [1.29, 1.82) is 0 Å². The third kappa shape index (κ3) is 3.64. The summed E-state index contributed by atoms with van der Waals surface area (Å²) in [5, 5.41) is 2.97. The van der Waals surface area contributed by atoms with Crippen LogP contribution in [-0.2, 0) is 6.18 Å². The second kappa shape index (κ2) is 5.11. The molecule has 1 aliphatic carbocycles. The summed E-state index contributed by atoms with van der Waals surface area (Å²) in [6.45, 7) is 1.93. The number of anilines is 1. The Kier molecular flexibility index (Phi) is 3.90. The van der Waals surface area contributed by atoms with Crippen molar-refractivity contribution in [3.05, 3.63) is 28.2 Å². The SMILES string of the molecule is CC(CC1CC1)Nc1ccc(Br)cc1C(F)(F)F. The van der Waals surface area contributed by atoms with Gasteiger partial charge in [-0.25, -0.2) is 0 Å². The molecular formula is C13H15BrF3N. The fraction of sp³-hybridized carbons (Fsp3) is 0.538. The monoisotopic (exact) mass is 321 g/mol. The van der Waals surface area contributed by atoms with Crippen molar-refractivity contribution >= 4 is 21.6 Å². The Hall–Kier alpha value is -0.710. The summed E-state index contributed by atoms with van der Waals surface area (Å²) >= 11 is 3.08. The van der Waals surface area contributed by atoms with E-state index in [1.54, 1.807) is 6.07 Å². The van der Waals surface area contributed by atoms with Gasteiger partial charge in [0.25, 0.3) is 0 Å². The van der Waals surface area contributed by atoms with E-state index in [0.717, 1.165) is 12.5 Å². The van der Waals surface area contributed by atoms with Gasteiger partial charge in [-0.15, -0.1) is 0 Å². The molecule has 18 heavy (non-hydrogen) atoms. The van der Waals surface area contributed by atoms with Crippen molar-refractivity contribution in [2.24, 2.45) is 5.92 Å². The molecule has 0 amide bonds. The van der Waals surface area contributed by atoms with Crippen molar-refractivity contribution < 1.29 is 13.2 Å². The molecule has 1 fully saturated rings. The molecule has 1 atom stereocenters. The fourth-order valence-corrected chi connectivity index (χ4v) is 2.42. The van der Waals surface area contributed by atoms with E-state index >= 15 is 0 Å². The van der Waals surface area contributed by atoms with Crippen molar-refractivity contribution in [3.63, 3.8) is 0 Å². The Morgan fingerprint density at radius 1 is 1.39 bits per heavy atom. The molecule has 2 rings (SSSR count). The Balaban J connectivity index is 2.15. The van der Waals surface area contributed by atoms with Crippen molar-refractivity contribution in [3.8, 4) is 0 Å². The number of nitrogens with one attached hydrogen (secondary N) is 1. The molecule has 0 aliphatic heterocycles. The van der Waals surface area contributed by atoms with Crippen LogP contribution in [0.25, 0.3) is 0 Å². The summed E-state index contributed by atoms with van der Waals surface area (Å²) < 4.78 is 39.1. The highest BCUT2D eigenvalue weighted by molar-refractivity contribution is 9.10. The van der Waals surface area contributed by atoms with Crippen LogP contribution in [0.4, 0.5) is 18.9 Å². The zero-order valence-corrected chi connectivity index (χ0v) is 11.6. The molecule has 0 aromatic heterocycles. The minimum atomic E-state index is -4.33. The topological polar surface area (TPSA) is 12.0 Å². The standard InChI is InChI=1S/C13H15BrF3N/c1-8(6-9-2-3-9)18-12-5-4-10(14)7-11(12)13(15,16)17/h4-5,7-9,18H,2-3,6H2,1H3. The Labute approximate surface area is 113 Å². The molecule has 100 valence electrons. The van der Waals surface area contributed by atoms with Crippen molar-refractivity contribution in [1.82, 2.24) is 0 Å². The lowest BCUT2D eigenvalue weighted by Gasteiger charge is -2.19. The Morgan fingerprint density at radius 2 is 2.06 bits per heavy atom. The predicted octanol–water partition coefficient (Wildman–Crippen LogP) is 5.07. The van der Waals surface area contributed by atoms with E-state index in [4.69, 9.17) is 0 Å². The second-order valence-corrected chi connectivity index (χ2v) is 5.83. The van der Waals surface area contributed by atoms with Gasteiger partial charge < -0.3 is 5.32 Å². The van der Waals surface area contributed by atoms with E-state index < -0.39 is 11.7 Å². The van der Waals surface area contributed by atoms with E-state index in [9.17, 15) is 13.2 Å². The summed E-state index contributed by atoms with van der Waals surface area (Å²) in [4.78, 5) is 0. The maximum Gasteiger partial charge on any atom is 0.418 e. The third-order valence-electron chi connectivity index (χ3n) is 3.07. The zero-order chi connectivity index (χ0) is 13.3. The summed E-state index contributed by atoms with van der Waals surface area (Å²) in [7, 11) is 0. The fourth-order valence-electron chi connectivity index (χ4n) is 2.05. The molecule has 1 N–H and O–H groups in total. The van der Waals surface area contributed by atoms with Gasteiger partial charge in [-0.3, -0.25) is 0 Å². The molecule has 1 unspecified atom stereocenters. The summed E-state index contributed by atoms with van der Waals surface area (Å²) in [6.07, 6.45) is -0.976. The van der Waals surface area contributed by atoms with E-state index in [-0.39, 0.29) is 11.7 Å². The van der Waals surface area contributed by atoms with Gasteiger partial charge in [0.15, 0.2) is 0 Å². The van der Waals surface area contributed by atoms with Crippen LogP contribution in [0.3, 0.4) is 0 Å². The van der Waals surface area contributed by atoms with Crippen LogP contribution in [0.5, 0.6) is 0 Å². The van der Waals surface area contributed by atoms with Crippen LogP contribution in [0.2, 0.25) is 0 Å². The first kappa shape index (κ1) is 13.7. The largest absolute Gasteiger partial charge is 0.418 e. The molecule has 0 radical (unpaired) electrons. The van der Waals surface area contributed by atoms with Crippen LogP contribution in [0.15, 0.2) is 22.7 Å². The number of hydrogen-bond acceptors (Lipinski definition) is 1. The summed E-state index contributed by atoms with van der Waals surface area (Å²) in [6, 6.07) is 4.30. The minimum absolute atomic E-state index is 0.0692. The molecule has 1 aliphatic rings. The number of alkyl halides is 3. The smallest absolute Gasteiger partial charge is 0.382 e. The van der Waals surface area contributed by atoms with E-state index in [1.807, 2.05) is 6.92 Å². The molecule has 0 saturated heterocycles. The van der Waals surface area contributed by atoms with Gasteiger partial charge >= 0.3 is 6.18 Å². The number of benzene rings is 1. The van der Waals surface area contributed by atoms with Gasteiger partial charge in [0.1, 0.15) is 0 Å². The van der Waals surface area contributed by atoms with Gasteiger partial charge in [-0.05, 0) is 37.5 Å². The average Bonchev–Trinajstić information content (AvgIpc) is 3.03. The Morgan fingerprint density at radius 3 is 2.61 bits per heavy atom. The molecule has 0 bridgehead atoms. The number of rotatable bonds is 4. The maximum atomic E-state index is 12.9. The minimum Gasteiger partial charge on any atom is -0.382 e. The molecule has 0 spiro atoms. The lowest BCUT2D eigenvalue weighted by Crippen LogP contribution is -2.19. The molecule has 1 saturated carbocycles. The van der Waals surface area contributed by atoms with Crippen molar-refractivity contribution in [2.45, 2.75) is 38.4 Å². The first-order valence-corrected chi connectivity index (χ1v) is 6.79. The molecule has 5 heteroatoms. The molecule has 1 aromatic carbocycles. The molecule has 1 nitrogen and oxygen atoms in total. The lowest BCUT2D eigenvalue weighted by atomic mass is 10.1. The van der Waals surface area contributed by atoms with Gasteiger partial charge in [-0.1, -0.05) is 28.8 Å². The van der Waals surface area contributed by atoms with Crippen LogP contribution < -0.4 is 5.32 Å². The van der Waals surface area contributed by atoms with Crippen LogP contribution in [0.1, 0.15) is 31.7 Å². The average molecular weight is 322 g/mol. The second-order valence-electron chi connectivity index (χ2n) is 4.91. The van der Waals surface area contributed by atoms with Crippen molar-refractivity contribution in [2.75, 3.05) is 5.32 Å². The molecular weight excluding hydrogens is 307 g/mol. The van der Waals surface area contributed by atoms with Gasteiger partial charge in [0, 0.05) is 16.2 Å². The summed E-state index contributed by atoms with van der Waals surface area (Å²) in [5.74, 6) is 0.692. The van der Waals surface area contributed by atoms with E-state index in [1.165, 1.54) is 18.9 Å². The lowest BCUT2D eigenvalue weighted by molar-refractivity contribution is -0.137. The highest BCUT2D eigenvalue weighted by atomic mass is 79.9. The van der Waals surface area contributed by atoms with Crippen LogP contribution in [-0.4, -0.2) is 6.04 Å².